The van der Waals surface area contributed by atoms with E-state index in [1.54, 1.807) is 26.0 Å². The topological polar surface area (TPSA) is 86.8 Å². The maximum absolute atomic E-state index is 13.5. The molecule has 0 aliphatic rings. The molecule has 9 heteroatoms. The van der Waals surface area contributed by atoms with Crippen molar-refractivity contribution in [1.82, 2.24) is 10.2 Å². The molecule has 0 saturated heterocycles. The molecular formula is C25H34FN3O4S. The number of anilines is 1. The lowest BCUT2D eigenvalue weighted by Gasteiger charge is -2.32. The van der Waals surface area contributed by atoms with Crippen LogP contribution in [0.15, 0.2) is 42.5 Å². The van der Waals surface area contributed by atoms with Gasteiger partial charge in [0, 0.05) is 13.1 Å². The lowest BCUT2D eigenvalue weighted by atomic mass is 10.1. The van der Waals surface area contributed by atoms with Crippen molar-refractivity contribution in [2.75, 3.05) is 23.7 Å². The van der Waals surface area contributed by atoms with Crippen LogP contribution in [0.4, 0.5) is 10.1 Å². The number of rotatable bonds is 11. The fraction of sp³-hybridized carbons (Fsp3) is 0.440. The number of hydrogen-bond donors (Lipinski definition) is 1. The van der Waals surface area contributed by atoms with E-state index in [9.17, 15) is 22.4 Å². The van der Waals surface area contributed by atoms with E-state index in [1.165, 1.54) is 29.2 Å². The molecule has 0 unspecified atom stereocenters. The second-order valence-corrected chi connectivity index (χ2v) is 10.4. The van der Waals surface area contributed by atoms with E-state index < -0.39 is 34.3 Å². The zero-order chi connectivity index (χ0) is 25.5. The van der Waals surface area contributed by atoms with Crippen LogP contribution in [0.2, 0.25) is 0 Å². The second-order valence-electron chi connectivity index (χ2n) is 8.53. The van der Waals surface area contributed by atoms with Crippen molar-refractivity contribution in [2.45, 2.75) is 53.1 Å². The number of nitrogens with one attached hydrogen (secondary N) is 1. The molecule has 2 rings (SSSR count). The van der Waals surface area contributed by atoms with Gasteiger partial charge in [-0.15, -0.1) is 0 Å². The zero-order valence-electron chi connectivity index (χ0n) is 20.5. The number of sulfonamides is 1. The quantitative estimate of drug-likeness (QED) is 0.487. The molecule has 7 nitrogen and oxygen atoms in total. The van der Waals surface area contributed by atoms with Gasteiger partial charge in [-0.25, -0.2) is 12.8 Å². The summed E-state index contributed by atoms with van der Waals surface area (Å²) in [6, 6.07) is 10.2. The standard InChI is InChI=1S/C25H34FN3O4S/c1-6-7-14-27-25(31)20(4)28(16-21-10-12-22(26)13-11-21)24(30)17-29(34(5,32)33)23-15-18(2)8-9-19(23)3/h8-13,15,20H,6-7,14,16-17H2,1-5H3,(H,27,31)/t20-/m1/s1. The number of amides is 2. The lowest BCUT2D eigenvalue weighted by Crippen LogP contribution is -2.51. The van der Waals surface area contributed by atoms with Crippen molar-refractivity contribution < 1.29 is 22.4 Å². The Morgan fingerprint density at radius 3 is 2.32 bits per heavy atom. The third-order valence-corrected chi connectivity index (χ3v) is 6.70. The van der Waals surface area contributed by atoms with Gasteiger partial charge in [-0.3, -0.25) is 13.9 Å². The number of nitrogens with zero attached hydrogens (tertiary/aromatic N) is 2. The van der Waals surface area contributed by atoms with Gasteiger partial charge in [0.25, 0.3) is 0 Å². The number of carbonyl (C=O) groups excluding carboxylic acids is 2. The first-order chi connectivity index (χ1) is 15.9. The number of aryl methyl sites for hydroxylation is 2. The Morgan fingerprint density at radius 2 is 1.74 bits per heavy atom. The van der Waals surface area contributed by atoms with E-state index in [0.717, 1.165) is 29.0 Å². The normalized spacial score (nSPS) is 12.2. The third-order valence-electron chi connectivity index (χ3n) is 5.58. The summed E-state index contributed by atoms with van der Waals surface area (Å²) in [6.07, 6.45) is 2.76. The molecular weight excluding hydrogens is 457 g/mol. The van der Waals surface area contributed by atoms with Crippen LogP contribution in [-0.4, -0.2) is 50.5 Å². The maximum Gasteiger partial charge on any atom is 0.244 e. The highest BCUT2D eigenvalue weighted by Gasteiger charge is 2.30. The van der Waals surface area contributed by atoms with Gasteiger partial charge in [0.15, 0.2) is 0 Å². The van der Waals surface area contributed by atoms with E-state index in [1.807, 2.05) is 19.9 Å². The van der Waals surface area contributed by atoms with Gasteiger partial charge >= 0.3 is 0 Å². The Labute approximate surface area is 202 Å². The molecule has 0 heterocycles. The molecule has 0 spiro atoms. The van der Waals surface area contributed by atoms with Crippen molar-refractivity contribution in [2.24, 2.45) is 0 Å². The predicted octanol–water partition coefficient (Wildman–Crippen LogP) is 3.54. The van der Waals surface area contributed by atoms with Crippen LogP contribution >= 0.6 is 0 Å². The van der Waals surface area contributed by atoms with Crippen molar-refractivity contribution >= 4 is 27.5 Å². The van der Waals surface area contributed by atoms with Crippen LogP contribution in [0.25, 0.3) is 0 Å². The van der Waals surface area contributed by atoms with Gasteiger partial charge in [0.05, 0.1) is 11.9 Å². The Kier molecular flexibility index (Phi) is 9.61. The van der Waals surface area contributed by atoms with E-state index >= 15 is 0 Å². The molecule has 0 aromatic heterocycles. The number of unbranched alkanes of at least 4 members (excludes halogenated alkanes) is 1. The van der Waals surface area contributed by atoms with Crippen LogP contribution in [0.5, 0.6) is 0 Å². The monoisotopic (exact) mass is 491 g/mol. The van der Waals surface area contributed by atoms with Gasteiger partial charge in [0.1, 0.15) is 18.4 Å². The first-order valence-electron chi connectivity index (χ1n) is 11.3. The summed E-state index contributed by atoms with van der Waals surface area (Å²) in [5, 5.41) is 2.82. The summed E-state index contributed by atoms with van der Waals surface area (Å²) < 4.78 is 39.8. The smallest absolute Gasteiger partial charge is 0.244 e. The Hall–Kier alpha value is -2.94. The molecule has 34 heavy (non-hydrogen) atoms. The maximum atomic E-state index is 13.5. The molecule has 2 aromatic rings. The van der Waals surface area contributed by atoms with Crippen molar-refractivity contribution in [1.29, 1.82) is 0 Å². The molecule has 2 amide bonds. The molecule has 1 N–H and O–H groups in total. The Morgan fingerprint density at radius 1 is 1.09 bits per heavy atom. The number of halogens is 1. The summed E-state index contributed by atoms with van der Waals surface area (Å²) in [7, 11) is -3.79. The van der Waals surface area contributed by atoms with Gasteiger partial charge in [-0.2, -0.15) is 0 Å². The van der Waals surface area contributed by atoms with Gasteiger partial charge < -0.3 is 10.2 Å². The minimum atomic E-state index is -3.79. The van der Waals surface area contributed by atoms with E-state index in [-0.39, 0.29) is 12.5 Å². The van der Waals surface area contributed by atoms with Crippen LogP contribution in [-0.2, 0) is 26.2 Å². The average molecular weight is 492 g/mol. The first-order valence-corrected chi connectivity index (χ1v) is 13.2. The molecule has 0 bridgehead atoms. The Balaban J connectivity index is 2.38. The molecule has 2 aromatic carbocycles. The molecule has 0 saturated carbocycles. The second kappa shape index (κ2) is 12.0. The lowest BCUT2D eigenvalue weighted by molar-refractivity contribution is -0.139. The number of benzene rings is 2. The summed E-state index contributed by atoms with van der Waals surface area (Å²) in [5.74, 6) is -1.28. The summed E-state index contributed by atoms with van der Waals surface area (Å²) in [5.41, 5.74) is 2.60. The molecule has 0 aliphatic carbocycles. The molecule has 0 fully saturated rings. The fourth-order valence-electron chi connectivity index (χ4n) is 3.49. The number of hydrogen-bond acceptors (Lipinski definition) is 4. The third kappa shape index (κ3) is 7.55. The van der Waals surface area contributed by atoms with Gasteiger partial charge in [-0.05, 0) is 62.1 Å². The largest absolute Gasteiger partial charge is 0.354 e. The van der Waals surface area contributed by atoms with Crippen LogP contribution < -0.4 is 9.62 Å². The van der Waals surface area contributed by atoms with Crippen LogP contribution in [0.3, 0.4) is 0 Å². The van der Waals surface area contributed by atoms with E-state index in [4.69, 9.17) is 0 Å². The highest BCUT2D eigenvalue weighted by molar-refractivity contribution is 7.92. The predicted molar refractivity (Wildman–Crippen MR) is 132 cm³/mol. The summed E-state index contributed by atoms with van der Waals surface area (Å²) in [6.45, 7) is 7.28. The van der Waals surface area contributed by atoms with Crippen LogP contribution in [0, 0.1) is 19.7 Å². The fourth-order valence-corrected chi connectivity index (χ4v) is 4.39. The van der Waals surface area contributed by atoms with Crippen molar-refractivity contribution in [3.8, 4) is 0 Å². The molecule has 186 valence electrons. The zero-order valence-corrected chi connectivity index (χ0v) is 21.3. The molecule has 0 aliphatic heterocycles. The average Bonchev–Trinajstić information content (AvgIpc) is 2.77. The summed E-state index contributed by atoms with van der Waals surface area (Å²) >= 11 is 0. The summed E-state index contributed by atoms with van der Waals surface area (Å²) in [4.78, 5) is 27.6. The minimum absolute atomic E-state index is 0.0336. The van der Waals surface area contributed by atoms with Crippen LogP contribution in [0.1, 0.15) is 43.4 Å². The van der Waals surface area contributed by atoms with Gasteiger partial charge in [-0.1, -0.05) is 37.6 Å². The van der Waals surface area contributed by atoms with E-state index in [0.29, 0.717) is 23.4 Å². The van der Waals surface area contributed by atoms with Crippen molar-refractivity contribution in [3.63, 3.8) is 0 Å². The van der Waals surface area contributed by atoms with E-state index in [2.05, 4.69) is 5.32 Å². The first kappa shape index (κ1) is 27.3. The van der Waals surface area contributed by atoms with Gasteiger partial charge in [0.2, 0.25) is 21.8 Å². The SMILES string of the molecule is CCCCNC(=O)[C@@H](C)N(Cc1ccc(F)cc1)C(=O)CN(c1cc(C)ccc1C)S(C)(=O)=O. The highest BCUT2D eigenvalue weighted by atomic mass is 32.2. The Bertz CT molecular complexity index is 1100. The molecule has 0 radical (unpaired) electrons. The number of carbonyl (C=O) groups is 2. The highest BCUT2D eigenvalue weighted by Crippen LogP contribution is 2.24. The minimum Gasteiger partial charge on any atom is -0.354 e. The van der Waals surface area contributed by atoms with Crippen molar-refractivity contribution in [3.05, 3.63) is 65.0 Å². The molecule has 1 atom stereocenters.